The van der Waals surface area contributed by atoms with Crippen molar-refractivity contribution in [3.8, 4) is 5.75 Å². The molecule has 0 radical (unpaired) electrons. The SMILES string of the molecule is CC(C)[C@H](NC(=O)C(Cc1ccc(O)cc1)NC(=O)OCc1ccccc1)C(=O)O. The first-order valence-corrected chi connectivity index (χ1v) is 9.54. The lowest BCUT2D eigenvalue weighted by Crippen LogP contribution is -2.53. The van der Waals surface area contributed by atoms with Crippen LogP contribution in [0.2, 0.25) is 0 Å². The second kappa shape index (κ2) is 10.8. The van der Waals surface area contributed by atoms with Gasteiger partial charge in [-0.3, -0.25) is 4.79 Å². The Morgan fingerprint density at radius 1 is 0.933 bits per heavy atom. The van der Waals surface area contributed by atoms with Crippen molar-refractivity contribution in [3.05, 3.63) is 65.7 Å². The molecule has 2 rings (SSSR count). The second-order valence-electron chi connectivity index (χ2n) is 7.20. The van der Waals surface area contributed by atoms with E-state index in [1.807, 2.05) is 18.2 Å². The van der Waals surface area contributed by atoms with E-state index in [-0.39, 0.29) is 24.7 Å². The van der Waals surface area contributed by atoms with E-state index >= 15 is 0 Å². The number of amides is 2. The van der Waals surface area contributed by atoms with Gasteiger partial charge in [0.2, 0.25) is 5.91 Å². The third-order valence-electron chi connectivity index (χ3n) is 4.43. The standard InChI is InChI=1S/C22H26N2O6/c1-14(2)19(21(27)28)24-20(26)18(12-15-8-10-17(25)11-9-15)23-22(29)30-13-16-6-4-3-5-7-16/h3-11,14,18-19,25H,12-13H2,1-2H3,(H,23,29)(H,24,26)(H,27,28)/t18?,19-/m0/s1. The molecule has 0 heterocycles. The Bertz CT molecular complexity index is 852. The zero-order valence-electron chi connectivity index (χ0n) is 16.9. The molecule has 2 aromatic rings. The molecule has 2 atom stereocenters. The maximum atomic E-state index is 12.7. The van der Waals surface area contributed by atoms with E-state index < -0.39 is 30.1 Å². The molecule has 0 fully saturated rings. The summed E-state index contributed by atoms with van der Waals surface area (Å²) in [6.45, 7) is 3.38. The highest BCUT2D eigenvalue weighted by Crippen LogP contribution is 2.12. The van der Waals surface area contributed by atoms with Gasteiger partial charge in [0.05, 0.1) is 0 Å². The van der Waals surface area contributed by atoms with Gasteiger partial charge in [0.1, 0.15) is 24.4 Å². The Morgan fingerprint density at radius 2 is 1.57 bits per heavy atom. The van der Waals surface area contributed by atoms with Gasteiger partial charge in [-0.15, -0.1) is 0 Å². The van der Waals surface area contributed by atoms with Gasteiger partial charge >= 0.3 is 12.1 Å². The molecule has 1 unspecified atom stereocenters. The second-order valence-corrected chi connectivity index (χ2v) is 7.20. The number of phenols is 1. The van der Waals surface area contributed by atoms with Gasteiger partial charge in [-0.25, -0.2) is 9.59 Å². The summed E-state index contributed by atoms with van der Waals surface area (Å²) in [7, 11) is 0. The third-order valence-corrected chi connectivity index (χ3v) is 4.43. The molecule has 2 aromatic carbocycles. The van der Waals surface area contributed by atoms with E-state index in [4.69, 9.17) is 4.74 Å². The molecule has 0 saturated carbocycles. The van der Waals surface area contributed by atoms with Crippen LogP contribution in [0.1, 0.15) is 25.0 Å². The normalized spacial score (nSPS) is 12.6. The summed E-state index contributed by atoms with van der Waals surface area (Å²) in [5.74, 6) is -2.07. The highest BCUT2D eigenvalue weighted by atomic mass is 16.5. The lowest BCUT2D eigenvalue weighted by molar-refractivity contribution is -0.143. The predicted molar refractivity (Wildman–Crippen MR) is 110 cm³/mol. The number of hydrogen-bond donors (Lipinski definition) is 4. The van der Waals surface area contributed by atoms with Crippen LogP contribution in [0.4, 0.5) is 4.79 Å². The molecule has 0 saturated heterocycles. The van der Waals surface area contributed by atoms with E-state index in [0.717, 1.165) is 5.56 Å². The smallest absolute Gasteiger partial charge is 0.408 e. The van der Waals surface area contributed by atoms with Crippen LogP contribution in [0.25, 0.3) is 0 Å². The number of phenolic OH excluding ortho intramolecular Hbond substituents is 1. The summed E-state index contributed by atoms with van der Waals surface area (Å²) in [5, 5.41) is 23.7. The zero-order chi connectivity index (χ0) is 22.1. The molecule has 0 spiro atoms. The average molecular weight is 414 g/mol. The quantitative estimate of drug-likeness (QED) is 0.500. The van der Waals surface area contributed by atoms with E-state index in [0.29, 0.717) is 5.56 Å². The van der Waals surface area contributed by atoms with Crippen molar-refractivity contribution in [1.29, 1.82) is 0 Å². The monoisotopic (exact) mass is 414 g/mol. The number of ether oxygens (including phenoxy) is 1. The van der Waals surface area contributed by atoms with Gasteiger partial charge in [-0.2, -0.15) is 0 Å². The van der Waals surface area contributed by atoms with Crippen molar-refractivity contribution in [2.24, 2.45) is 5.92 Å². The molecule has 0 aliphatic carbocycles. The topological polar surface area (TPSA) is 125 Å². The summed E-state index contributed by atoms with van der Waals surface area (Å²) in [4.78, 5) is 36.4. The van der Waals surface area contributed by atoms with Crippen LogP contribution in [0.5, 0.6) is 5.75 Å². The molecule has 0 aliphatic rings. The van der Waals surface area contributed by atoms with Crippen LogP contribution >= 0.6 is 0 Å². The van der Waals surface area contributed by atoms with Crippen molar-refractivity contribution >= 4 is 18.0 Å². The number of aromatic hydroxyl groups is 1. The van der Waals surface area contributed by atoms with E-state index in [2.05, 4.69) is 10.6 Å². The fraction of sp³-hybridized carbons (Fsp3) is 0.318. The van der Waals surface area contributed by atoms with Crippen LogP contribution in [0, 0.1) is 5.92 Å². The number of carboxylic acids is 1. The molecule has 8 nitrogen and oxygen atoms in total. The Hall–Kier alpha value is -3.55. The van der Waals surface area contributed by atoms with Gasteiger partial charge in [0.25, 0.3) is 0 Å². The summed E-state index contributed by atoms with van der Waals surface area (Å²) >= 11 is 0. The van der Waals surface area contributed by atoms with Crippen LogP contribution in [0.15, 0.2) is 54.6 Å². The van der Waals surface area contributed by atoms with E-state index in [9.17, 15) is 24.6 Å². The number of hydrogen-bond acceptors (Lipinski definition) is 5. The van der Waals surface area contributed by atoms with Gasteiger partial charge in [-0.05, 0) is 29.2 Å². The Morgan fingerprint density at radius 3 is 2.13 bits per heavy atom. The van der Waals surface area contributed by atoms with Crippen molar-refractivity contribution in [2.75, 3.05) is 0 Å². The molecule has 8 heteroatoms. The molecule has 4 N–H and O–H groups in total. The highest BCUT2D eigenvalue weighted by Gasteiger charge is 2.29. The number of benzene rings is 2. The largest absolute Gasteiger partial charge is 0.508 e. The van der Waals surface area contributed by atoms with Crippen LogP contribution in [0.3, 0.4) is 0 Å². The molecule has 2 amide bonds. The van der Waals surface area contributed by atoms with Crippen molar-refractivity contribution in [1.82, 2.24) is 10.6 Å². The Balaban J connectivity index is 2.09. The molecule has 30 heavy (non-hydrogen) atoms. The summed E-state index contributed by atoms with van der Waals surface area (Å²) in [6.07, 6.45) is -0.703. The number of carboxylic acid groups (broad SMARTS) is 1. The molecule has 160 valence electrons. The highest BCUT2D eigenvalue weighted by molar-refractivity contribution is 5.89. The molecular formula is C22H26N2O6. The minimum absolute atomic E-state index is 0.0317. The average Bonchev–Trinajstić information content (AvgIpc) is 2.71. The van der Waals surface area contributed by atoms with Gasteiger partial charge < -0.3 is 25.6 Å². The number of carbonyl (C=O) groups is 3. The van der Waals surface area contributed by atoms with Crippen molar-refractivity contribution < 1.29 is 29.3 Å². The van der Waals surface area contributed by atoms with E-state index in [1.54, 1.807) is 38.1 Å². The number of carbonyl (C=O) groups excluding carboxylic acids is 2. The first kappa shape index (κ1) is 22.7. The third kappa shape index (κ3) is 7.12. The van der Waals surface area contributed by atoms with Crippen molar-refractivity contribution in [2.45, 2.75) is 39.0 Å². The van der Waals surface area contributed by atoms with Gasteiger partial charge in [-0.1, -0.05) is 56.3 Å². The number of nitrogens with one attached hydrogen (secondary N) is 2. The number of aliphatic carboxylic acids is 1. The molecular weight excluding hydrogens is 388 g/mol. The van der Waals surface area contributed by atoms with E-state index in [1.165, 1.54) is 12.1 Å². The summed E-state index contributed by atoms with van der Waals surface area (Å²) in [6, 6.07) is 13.1. The predicted octanol–water partition coefficient (Wildman–Crippen LogP) is 2.46. The first-order valence-electron chi connectivity index (χ1n) is 9.54. The summed E-state index contributed by atoms with van der Waals surface area (Å²) < 4.78 is 5.18. The molecule has 0 aromatic heterocycles. The fourth-order valence-electron chi connectivity index (χ4n) is 2.75. The zero-order valence-corrected chi connectivity index (χ0v) is 16.9. The molecule has 0 aliphatic heterocycles. The number of rotatable bonds is 9. The van der Waals surface area contributed by atoms with Crippen LogP contribution < -0.4 is 10.6 Å². The van der Waals surface area contributed by atoms with Gasteiger partial charge in [0, 0.05) is 6.42 Å². The van der Waals surface area contributed by atoms with Crippen LogP contribution in [-0.4, -0.2) is 40.3 Å². The van der Waals surface area contributed by atoms with Gasteiger partial charge in [0.15, 0.2) is 0 Å². The lowest BCUT2D eigenvalue weighted by Gasteiger charge is -2.23. The fourth-order valence-corrected chi connectivity index (χ4v) is 2.75. The molecule has 0 bridgehead atoms. The summed E-state index contributed by atoms with van der Waals surface area (Å²) in [5.41, 5.74) is 1.46. The minimum Gasteiger partial charge on any atom is -0.508 e. The number of alkyl carbamates (subject to hydrolysis) is 1. The van der Waals surface area contributed by atoms with Crippen molar-refractivity contribution in [3.63, 3.8) is 0 Å². The minimum atomic E-state index is -1.16. The van der Waals surface area contributed by atoms with Crippen LogP contribution in [-0.2, 0) is 27.4 Å². The Labute approximate surface area is 174 Å². The first-order chi connectivity index (χ1) is 14.3. The maximum Gasteiger partial charge on any atom is 0.408 e. The maximum absolute atomic E-state index is 12.7. The lowest BCUT2D eigenvalue weighted by atomic mass is 10.0. The Kier molecular flexibility index (Phi) is 8.22.